The third-order valence-corrected chi connectivity index (χ3v) is 7.73. The SMILES string of the molecule is CC(C)(C)c1ccc(S(=O)(=O)NCCCCN2CCN(c3noc4ccccc34)CC2)cc1. The van der Waals surface area contributed by atoms with Crippen molar-refractivity contribution in [2.75, 3.05) is 44.2 Å². The highest BCUT2D eigenvalue weighted by Crippen LogP contribution is 2.26. The van der Waals surface area contributed by atoms with Crippen molar-refractivity contribution in [1.29, 1.82) is 0 Å². The molecule has 1 N–H and O–H groups in total. The number of aromatic nitrogens is 1. The van der Waals surface area contributed by atoms with E-state index in [1.807, 2.05) is 36.4 Å². The Balaban J connectivity index is 1.18. The lowest BCUT2D eigenvalue weighted by Crippen LogP contribution is -2.46. The number of piperazine rings is 1. The van der Waals surface area contributed by atoms with Gasteiger partial charge in [0.1, 0.15) is 0 Å². The molecule has 7 nitrogen and oxygen atoms in total. The van der Waals surface area contributed by atoms with Gasteiger partial charge in [0.25, 0.3) is 0 Å². The molecule has 1 aromatic heterocycles. The topological polar surface area (TPSA) is 78.7 Å². The summed E-state index contributed by atoms with van der Waals surface area (Å²) in [4.78, 5) is 5.03. The van der Waals surface area contributed by atoms with Gasteiger partial charge < -0.3 is 9.42 Å². The van der Waals surface area contributed by atoms with E-state index in [1.54, 1.807) is 12.1 Å². The summed E-state index contributed by atoms with van der Waals surface area (Å²) < 4.78 is 33.3. The first-order chi connectivity index (χ1) is 15.7. The molecule has 0 amide bonds. The quantitative estimate of drug-likeness (QED) is 0.501. The van der Waals surface area contributed by atoms with E-state index in [2.05, 4.69) is 40.4 Å². The predicted octanol–water partition coefficient (Wildman–Crippen LogP) is 4.01. The second kappa shape index (κ2) is 9.83. The number of nitrogens with zero attached hydrogens (tertiary/aromatic N) is 3. The fourth-order valence-corrected chi connectivity index (χ4v) is 5.24. The van der Waals surface area contributed by atoms with Crippen LogP contribution in [0.1, 0.15) is 39.2 Å². The number of hydrogen-bond donors (Lipinski definition) is 1. The van der Waals surface area contributed by atoms with Gasteiger partial charge in [-0.25, -0.2) is 13.1 Å². The zero-order chi connectivity index (χ0) is 23.5. The zero-order valence-corrected chi connectivity index (χ0v) is 20.6. The van der Waals surface area contributed by atoms with E-state index in [0.717, 1.165) is 67.9 Å². The van der Waals surface area contributed by atoms with Crippen molar-refractivity contribution in [3.63, 3.8) is 0 Å². The summed E-state index contributed by atoms with van der Waals surface area (Å²) in [6, 6.07) is 15.1. The monoisotopic (exact) mass is 470 g/mol. The van der Waals surface area contributed by atoms with Crippen molar-refractivity contribution in [2.45, 2.75) is 43.9 Å². The van der Waals surface area contributed by atoms with Crippen LogP contribution in [0.15, 0.2) is 57.9 Å². The second-order valence-electron chi connectivity index (χ2n) is 9.71. The van der Waals surface area contributed by atoms with Crippen LogP contribution < -0.4 is 9.62 Å². The fraction of sp³-hybridized carbons (Fsp3) is 0.480. The Bertz CT molecular complexity index is 1160. The van der Waals surface area contributed by atoms with Crippen molar-refractivity contribution >= 4 is 26.8 Å². The summed E-state index contributed by atoms with van der Waals surface area (Å²) in [6.45, 7) is 11.5. The van der Waals surface area contributed by atoms with Gasteiger partial charge in [0, 0.05) is 32.7 Å². The van der Waals surface area contributed by atoms with Crippen molar-refractivity contribution in [3.05, 3.63) is 54.1 Å². The zero-order valence-electron chi connectivity index (χ0n) is 19.8. The van der Waals surface area contributed by atoms with E-state index in [9.17, 15) is 8.42 Å². The molecule has 3 aromatic rings. The van der Waals surface area contributed by atoms with E-state index in [0.29, 0.717) is 11.4 Å². The number of anilines is 1. The van der Waals surface area contributed by atoms with E-state index >= 15 is 0 Å². The lowest BCUT2D eigenvalue weighted by atomic mass is 9.87. The largest absolute Gasteiger partial charge is 0.354 e. The second-order valence-corrected chi connectivity index (χ2v) is 11.5. The molecule has 1 aliphatic heterocycles. The number of unbranched alkanes of at least 4 members (excludes halogenated alkanes) is 1. The lowest BCUT2D eigenvalue weighted by Gasteiger charge is -2.34. The molecule has 178 valence electrons. The molecule has 1 aliphatic rings. The first-order valence-corrected chi connectivity index (χ1v) is 13.1. The lowest BCUT2D eigenvalue weighted by molar-refractivity contribution is 0.252. The van der Waals surface area contributed by atoms with Crippen LogP contribution in [-0.4, -0.2) is 57.7 Å². The molecule has 0 bridgehead atoms. The van der Waals surface area contributed by atoms with Gasteiger partial charge >= 0.3 is 0 Å². The summed E-state index contributed by atoms with van der Waals surface area (Å²) in [7, 11) is -3.46. The minimum absolute atomic E-state index is 0.00400. The van der Waals surface area contributed by atoms with E-state index < -0.39 is 10.0 Å². The van der Waals surface area contributed by atoms with Gasteiger partial charge in [-0.1, -0.05) is 50.2 Å². The molecule has 2 heterocycles. The summed E-state index contributed by atoms with van der Waals surface area (Å²) in [6.07, 6.45) is 1.77. The number of nitrogens with one attached hydrogen (secondary N) is 1. The average Bonchev–Trinajstić information content (AvgIpc) is 3.23. The molecular weight excluding hydrogens is 436 g/mol. The Morgan fingerprint density at radius 1 is 0.970 bits per heavy atom. The van der Waals surface area contributed by atoms with Crippen LogP contribution in [-0.2, 0) is 15.4 Å². The van der Waals surface area contributed by atoms with Crippen LogP contribution in [0.4, 0.5) is 5.82 Å². The highest BCUT2D eigenvalue weighted by molar-refractivity contribution is 7.89. The van der Waals surface area contributed by atoms with Crippen LogP contribution in [0.5, 0.6) is 0 Å². The molecule has 0 radical (unpaired) electrons. The van der Waals surface area contributed by atoms with Gasteiger partial charge in [-0.15, -0.1) is 0 Å². The maximum absolute atomic E-state index is 12.6. The molecular formula is C25H34N4O3S. The van der Waals surface area contributed by atoms with E-state index in [1.165, 1.54) is 0 Å². The Morgan fingerprint density at radius 3 is 2.36 bits per heavy atom. The minimum atomic E-state index is -3.46. The number of rotatable bonds is 8. The number of fused-ring (bicyclic) bond motifs is 1. The first kappa shape index (κ1) is 23.7. The highest BCUT2D eigenvalue weighted by Gasteiger charge is 2.21. The Labute approximate surface area is 196 Å². The molecule has 4 rings (SSSR count). The van der Waals surface area contributed by atoms with Crippen molar-refractivity contribution in [3.8, 4) is 0 Å². The Hall–Kier alpha value is -2.42. The highest BCUT2D eigenvalue weighted by atomic mass is 32.2. The number of sulfonamides is 1. The van der Waals surface area contributed by atoms with Gasteiger partial charge in [0.15, 0.2) is 11.4 Å². The summed E-state index contributed by atoms with van der Waals surface area (Å²) >= 11 is 0. The van der Waals surface area contributed by atoms with Gasteiger partial charge in [-0.2, -0.15) is 0 Å². The third kappa shape index (κ3) is 5.75. The molecule has 0 aliphatic carbocycles. The van der Waals surface area contributed by atoms with E-state index in [-0.39, 0.29) is 5.41 Å². The molecule has 0 atom stereocenters. The van der Waals surface area contributed by atoms with Gasteiger partial charge in [0.2, 0.25) is 10.0 Å². The summed E-state index contributed by atoms with van der Waals surface area (Å²) in [5.41, 5.74) is 1.95. The van der Waals surface area contributed by atoms with Crippen LogP contribution >= 0.6 is 0 Å². The number of para-hydroxylation sites is 1. The predicted molar refractivity (Wildman–Crippen MR) is 132 cm³/mol. The number of hydrogen-bond acceptors (Lipinski definition) is 6. The van der Waals surface area contributed by atoms with Crippen LogP contribution in [0, 0.1) is 0 Å². The van der Waals surface area contributed by atoms with Crippen LogP contribution in [0.2, 0.25) is 0 Å². The van der Waals surface area contributed by atoms with Gasteiger partial charge in [0.05, 0.1) is 10.3 Å². The normalized spacial score (nSPS) is 15.9. The molecule has 1 saturated heterocycles. The van der Waals surface area contributed by atoms with E-state index in [4.69, 9.17) is 4.52 Å². The maximum atomic E-state index is 12.6. The maximum Gasteiger partial charge on any atom is 0.240 e. The molecule has 33 heavy (non-hydrogen) atoms. The average molecular weight is 471 g/mol. The minimum Gasteiger partial charge on any atom is -0.354 e. The molecule has 0 saturated carbocycles. The van der Waals surface area contributed by atoms with Gasteiger partial charge in [-0.05, 0) is 54.6 Å². The van der Waals surface area contributed by atoms with Gasteiger partial charge in [-0.3, -0.25) is 4.90 Å². The van der Waals surface area contributed by atoms with Crippen molar-refractivity contribution in [1.82, 2.24) is 14.8 Å². The number of benzene rings is 2. The van der Waals surface area contributed by atoms with Crippen LogP contribution in [0.3, 0.4) is 0 Å². The molecule has 8 heteroatoms. The Morgan fingerprint density at radius 2 is 1.67 bits per heavy atom. The molecule has 0 unspecified atom stereocenters. The molecule has 0 spiro atoms. The molecule has 1 fully saturated rings. The fourth-order valence-electron chi connectivity index (χ4n) is 4.17. The van der Waals surface area contributed by atoms with Crippen LogP contribution in [0.25, 0.3) is 11.0 Å². The smallest absolute Gasteiger partial charge is 0.240 e. The van der Waals surface area contributed by atoms with Crippen molar-refractivity contribution in [2.24, 2.45) is 0 Å². The molecule has 2 aromatic carbocycles. The first-order valence-electron chi connectivity index (χ1n) is 11.7. The van der Waals surface area contributed by atoms with Crippen molar-refractivity contribution < 1.29 is 12.9 Å². The summed E-state index contributed by atoms with van der Waals surface area (Å²) in [5, 5.41) is 5.32. The third-order valence-electron chi connectivity index (χ3n) is 6.25. The standard InChI is InChI=1S/C25H34N4O3S/c1-25(2,3)20-10-12-21(13-11-20)33(30,31)26-14-6-7-15-28-16-18-29(19-17-28)24-22-8-4-5-9-23(22)32-27-24/h4-5,8-13,26H,6-7,14-19H2,1-3H3. The summed E-state index contributed by atoms with van der Waals surface area (Å²) in [5.74, 6) is 0.926. The Kier molecular flexibility index (Phi) is 7.07.